The van der Waals surface area contributed by atoms with Crippen LogP contribution >= 0.6 is 0 Å². The fourth-order valence-electron chi connectivity index (χ4n) is 2.22. The molecule has 0 saturated carbocycles. The van der Waals surface area contributed by atoms with Crippen LogP contribution in [-0.4, -0.2) is 32.9 Å². The lowest BCUT2D eigenvalue weighted by Gasteiger charge is -2.13. The highest BCUT2D eigenvalue weighted by atomic mass is 19.4. The monoisotopic (exact) mass is 410 g/mol. The van der Waals surface area contributed by atoms with Crippen LogP contribution in [0.3, 0.4) is 0 Å². The number of hydrogen-bond donors (Lipinski definition) is 0. The Hall–Kier alpha value is -3.16. The SMILES string of the molecule is C=C(COc1ccc(C(F)(F)F)cc1)COc1ccc(OCC(=O)OC)c(C)c1. The number of aryl methyl sites for hydroxylation is 1. The van der Waals surface area contributed by atoms with Crippen molar-refractivity contribution in [3.8, 4) is 17.2 Å². The molecular formula is C21H21F3O5. The third kappa shape index (κ3) is 7.06. The Bertz CT molecular complexity index is 844. The Morgan fingerprint density at radius 2 is 1.52 bits per heavy atom. The molecule has 0 amide bonds. The Labute approximate surface area is 166 Å². The van der Waals surface area contributed by atoms with Gasteiger partial charge in [-0.3, -0.25) is 0 Å². The summed E-state index contributed by atoms with van der Waals surface area (Å²) in [5.41, 5.74) is 0.646. The van der Waals surface area contributed by atoms with E-state index in [4.69, 9.17) is 14.2 Å². The highest BCUT2D eigenvalue weighted by Gasteiger charge is 2.30. The van der Waals surface area contributed by atoms with Gasteiger partial charge in [-0.25, -0.2) is 4.79 Å². The summed E-state index contributed by atoms with van der Waals surface area (Å²) in [5.74, 6) is 0.937. The Morgan fingerprint density at radius 3 is 2.07 bits per heavy atom. The smallest absolute Gasteiger partial charge is 0.416 e. The number of rotatable bonds is 9. The highest BCUT2D eigenvalue weighted by Crippen LogP contribution is 2.30. The molecule has 0 aliphatic heterocycles. The van der Waals surface area contributed by atoms with E-state index in [0.29, 0.717) is 22.8 Å². The van der Waals surface area contributed by atoms with Crippen LogP contribution in [0, 0.1) is 6.92 Å². The lowest BCUT2D eigenvalue weighted by atomic mass is 10.2. The van der Waals surface area contributed by atoms with Crippen molar-refractivity contribution in [3.05, 3.63) is 65.7 Å². The van der Waals surface area contributed by atoms with Gasteiger partial charge in [-0.05, 0) is 60.5 Å². The summed E-state index contributed by atoms with van der Waals surface area (Å²) in [6, 6.07) is 9.54. The quantitative estimate of drug-likeness (QED) is 0.448. The van der Waals surface area contributed by atoms with E-state index in [1.54, 1.807) is 18.2 Å². The number of carbonyl (C=O) groups excluding carboxylic acids is 1. The molecule has 8 heteroatoms. The molecule has 0 bridgehead atoms. The van der Waals surface area contributed by atoms with Gasteiger partial charge in [-0.15, -0.1) is 0 Å². The molecule has 2 rings (SSSR count). The number of halogens is 3. The summed E-state index contributed by atoms with van der Waals surface area (Å²) in [7, 11) is 1.28. The van der Waals surface area contributed by atoms with Gasteiger partial charge >= 0.3 is 12.1 Å². The lowest BCUT2D eigenvalue weighted by Crippen LogP contribution is -2.13. The van der Waals surface area contributed by atoms with Gasteiger partial charge in [0.15, 0.2) is 6.61 Å². The van der Waals surface area contributed by atoms with Crippen molar-refractivity contribution >= 4 is 5.97 Å². The predicted octanol–water partition coefficient (Wildman–Crippen LogP) is 4.58. The van der Waals surface area contributed by atoms with Crippen LogP contribution in [0.1, 0.15) is 11.1 Å². The van der Waals surface area contributed by atoms with Gasteiger partial charge in [0.25, 0.3) is 0 Å². The molecule has 2 aromatic carbocycles. The second-order valence-corrected chi connectivity index (χ2v) is 6.14. The van der Waals surface area contributed by atoms with E-state index in [-0.39, 0.29) is 19.8 Å². The molecule has 0 unspecified atom stereocenters. The molecule has 0 fully saturated rings. The largest absolute Gasteiger partial charge is 0.489 e. The average molecular weight is 410 g/mol. The standard InChI is InChI=1S/C21H21F3O5/c1-14(11-27-17-6-4-16(5-7-17)21(22,23)24)12-28-18-8-9-19(15(2)10-18)29-13-20(25)26-3/h4-10H,1,11-13H2,2-3H3. The number of benzene rings is 2. The normalized spacial score (nSPS) is 10.9. The molecule has 0 aliphatic rings. The summed E-state index contributed by atoms with van der Waals surface area (Å²) in [6.45, 7) is 5.73. The summed E-state index contributed by atoms with van der Waals surface area (Å²) in [5, 5.41) is 0. The fourth-order valence-corrected chi connectivity index (χ4v) is 2.22. The minimum absolute atomic E-state index is 0.102. The maximum Gasteiger partial charge on any atom is 0.416 e. The third-order valence-corrected chi connectivity index (χ3v) is 3.79. The zero-order chi connectivity index (χ0) is 21.4. The van der Waals surface area contributed by atoms with Gasteiger partial charge in [-0.1, -0.05) is 6.58 Å². The second kappa shape index (κ2) is 9.86. The van der Waals surface area contributed by atoms with Gasteiger partial charge in [0.2, 0.25) is 0 Å². The van der Waals surface area contributed by atoms with Crippen molar-refractivity contribution in [2.24, 2.45) is 0 Å². The van der Waals surface area contributed by atoms with Crippen LogP contribution in [0.15, 0.2) is 54.6 Å². The number of ether oxygens (including phenoxy) is 4. The molecule has 0 aliphatic carbocycles. The van der Waals surface area contributed by atoms with Crippen molar-refractivity contribution in [2.75, 3.05) is 26.9 Å². The first-order chi connectivity index (χ1) is 13.7. The van der Waals surface area contributed by atoms with Crippen LogP contribution < -0.4 is 14.2 Å². The summed E-state index contributed by atoms with van der Waals surface area (Å²) in [4.78, 5) is 11.1. The van der Waals surface area contributed by atoms with E-state index in [0.717, 1.165) is 17.7 Å². The van der Waals surface area contributed by atoms with Crippen molar-refractivity contribution in [3.63, 3.8) is 0 Å². The first-order valence-electron chi connectivity index (χ1n) is 8.59. The molecule has 0 atom stereocenters. The maximum atomic E-state index is 12.5. The minimum atomic E-state index is -4.38. The van der Waals surface area contributed by atoms with Crippen molar-refractivity contribution in [2.45, 2.75) is 13.1 Å². The van der Waals surface area contributed by atoms with Crippen LogP contribution in [0.2, 0.25) is 0 Å². The second-order valence-electron chi connectivity index (χ2n) is 6.14. The Morgan fingerprint density at radius 1 is 0.931 bits per heavy atom. The molecule has 29 heavy (non-hydrogen) atoms. The number of alkyl halides is 3. The topological polar surface area (TPSA) is 54.0 Å². The van der Waals surface area contributed by atoms with Gasteiger partial charge in [0.1, 0.15) is 30.5 Å². The van der Waals surface area contributed by atoms with Crippen LogP contribution in [-0.2, 0) is 15.7 Å². The zero-order valence-electron chi connectivity index (χ0n) is 16.0. The molecule has 0 aromatic heterocycles. The molecule has 156 valence electrons. The lowest BCUT2D eigenvalue weighted by molar-refractivity contribution is -0.143. The molecule has 0 spiro atoms. The van der Waals surface area contributed by atoms with Gasteiger partial charge < -0.3 is 18.9 Å². The maximum absolute atomic E-state index is 12.5. The molecule has 0 saturated heterocycles. The number of hydrogen-bond acceptors (Lipinski definition) is 5. The van der Waals surface area contributed by atoms with Gasteiger partial charge in [-0.2, -0.15) is 13.2 Å². The molecule has 2 aromatic rings. The third-order valence-electron chi connectivity index (χ3n) is 3.79. The minimum Gasteiger partial charge on any atom is -0.489 e. The van der Waals surface area contributed by atoms with Crippen molar-refractivity contribution in [1.82, 2.24) is 0 Å². The van der Waals surface area contributed by atoms with Crippen molar-refractivity contribution < 1.29 is 36.9 Å². The molecule has 0 N–H and O–H groups in total. The van der Waals surface area contributed by atoms with Crippen LogP contribution in [0.5, 0.6) is 17.2 Å². The van der Waals surface area contributed by atoms with E-state index >= 15 is 0 Å². The van der Waals surface area contributed by atoms with E-state index in [1.165, 1.54) is 19.2 Å². The zero-order valence-corrected chi connectivity index (χ0v) is 16.0. The molecule has 5 nitrogen and oxygen atoms in total. The number of carbonyl (C=O) groups is 1. The fraction of sp³-hybridized carbons (Fsp3) is 0.286. The first-order valence-corrected chi connectivity index (χ1v) is 8.59. The van der Waals surface area contributed by atoms with E-state index in [1.807, 2.05) is 6.92 Å². The van der Waals surface area contributed by atoms with Gasteiger partial charge in [0.05, 0.1) is 12.7 Å². The summed E-state index contributed by atoms with van der Waals surface area (Å²) in [6.07, 6.45) is -4.38. The number of methoxy groups -OCH3 is 1. The van der Waals surface area contributed by atoms with Gasteiger partial charge in [0, 0.05) is 0 Å². The molecule has 0 heterocycles. The summed E-state index contributed by atoms with van der Waals surface area (Å²) < 4.78 is 58.5. The highest BCUT2D eigenvalue weighted by molar-refractivity contribution is 5.70. The van der Waals surface area contributed by atoms with Crippen LogP contribution in [0.25, 0.3) is 0 Å². The van der Waals surface area contributed by atoms with E-state index in [2.05, 4.69) is 11.3 Å². The molecule has 0 radical (unpaired) electrons. The van der Waals surface area contributed by atoms with Crippen molar-refractivity contribution in [1.29, 1.82) is 0 Å². The molecular weight excluding hydrogens is 389 g/mol. The number of esters is 1. The Kier molecular flexibility index (Phi) is 7.52. The average Bonchev–Trinajstić information content (AvgIpc) is 2.69. The van der Waals surface area contributed by atoms with Crippen LogP contribution in [0.4, 0.5) is 13.2 Å². The van der Waals surface area contributed by atoms with E-state index in [9.17, 15) is 18.0 Å². The van der Waals surface area contributed by atoms with E-state index < -0.39 is 17.7 Å². The predicted molar refractivity (Wildman–Crippen MR) is 100 cm³/mol. The summed E-state index contributed by atoms with van der Waals surface area (Å²) >= 11 is 0. The first kappa shape index (κ1) is 22.1. The Balaban J connectivity index is 1.80.